The monoisotopic (exact) mass is 333 g/mol. The number of anilines is 1. The van der Waals surface area contributed by atoms with Crippen LogP contribution in [0.4, 0.5) is 5.13 Å². The van der Waals surface area contributed by atoms with Gasteiger partial charge in [-0.2, -0.15) is 0 Å². The van der Waals surface area contributed by atoms with E-state index in [-0.39, 0.29) is 27.3 Å². The summed E-state index contributed by atoms with van der Waals surface area (Å²) in [5.41, 5.74) is 5.70. The molecule has 1 aromatic rings. The van der Waals surface area contributed by atoms with Gasteiger partial charge in [0, 0.05) is 13.0 Å². The van der Waals surface area contributed by atoms with Crippen molar-refractivity contribution in [2.75, 3.05) is 11.9 Å². The number of aromatic nitrogens is 2. The molecule has 1 heterocycles. The maximum atomic E-state index is 12.3. The van der Waals surface area contributed by atoms with Crippen LogP contribution < -0.4 is 15.8 Å². The Labute approximate surface area is 127 Å². The lowest BCUT2D eigenvalue weighted by Crippen LogP contribution is -2.44. The molecule has 1 amide bonds. The Bertz CT molecular complexity index is 601. The number of carbonyl (C=O) groups is 1. The number of rotatable bonds is 5. The van der Waals surface area contributed by atoms with Crippen LogP contribution in [0.3, 0.4) is 0 Å². The quantitative estimate of drug-likeness (QED) is 0.665. The smallest absolute Gasteiger partial charge is 0.270 e. The number of hydrogen-bond donors (Lipinski definition) is 3. The first kappa shape index (κ1) is 16.3. The Morgan fingerprint density at radius 3 is 2.76 bits per heavy atom. The first-order valence-electron chi connectivity index (χ1n) is 6.76. The fraction of sp³-hybridized carbons (Fsp3) is 0.727. The van der Waals surface area contributed by atoms with Crippen molar-refractivity contribution in [3.63, 3.8) is 0 Å². The van der Waals surface area contributed by atoms with Gasteiger partial charge in [-0.15, -0.1) is 10.2 Å². The van der Waals surface area contributed by atoms with Crippen molar-refractivity contribution in [2.45, 2.75) is 43.0 Å². The van der Waals surface area contributed by atoms with Gasteiger partial charge in [0.25, 0.3) is 10.0 Å². The first-order chi connectivity index (χ1) is 9.92. The number of nitrogens with zero attached hydrogens (tertiary/aromatic N) is 2. The maximum absolute atomic E-state index is 12.3. The first-order valence-corrected chi connectivity index (χ1v) is 9.06. The van der Waals surface area contributed by atoms with Gasteiger partial charge in [0.15, 0.2) is 0 Å². The summed E-state index contributed by atoms with van der Waals surface area (Å²) in [4.78, 5) is 10.9. The minimum atomic E-state index is -3.73. The maximum Gasteiger partial charge on any atom is 0.270 e. The molecule has 8 nitrogen and oxygen atoms in total. The van der Waals surface area contributed by atoms with E-state index in [0.717, 1.165) is 37.0 Å². The standard InChI is InChI=1S/C11H19N5O3S2/c1-7(17)13-10-14-15-11(20-10)21(18,19)16-9-5-3-2-4-8(9)6-12/h8-9,16H,2-6,12H2,1H3,(H,13,14,17). The summed E-state index contributed by atoms with van der Waals surface area (Å²) in [5.74, 6) is -0.171. The second-order valence-electron chi connectivity index (χ2n) is 5.06. The average molecular weight is 333 g/mol. The van der Waals surface area contributed by atoms with Crippen molar-refractivity contribution in [1.29, 1.82) is 0 Å². The Kier molecular flexibility index (Phi) is 5.25. The predicted octanol–water partition coefficient (Wildman–Crippen LogP) is 0.292. The lowest BCUT2D eigenvalue weighted by atomic mass is 9.85. The molecule has 118 valence electrons. The third-order valence-electron chi connectivity index (χ3n) is 3.44. The van der Waals surface area contributed by atoms with Gasteiger partial charge in [-0.05, 0) is 25.3 Å². The van der Waals surface area contributed by atoms with Gasteiger partial charge < -0.3 is 11.1 Å². The summed E-state index contributed by atoms with van der Waals surface area (Å²) in [6.45, 7) is 1.78. The van der Waals surface area contributed by atoms with Crippen molar-refractivity contribution >= 4 is 32.4 Å². The molecule has 0 spiro atoms. The van der Waals surface area contributed by atoms with E-state index in [1.54, 1.807) is 0 Å². The molecule has 0 saturated heterocycles. The van der Waals surface area contributed by atoms with Gasteiger partial charge >= 0.3 is 0 Å². The van der Waals surface area contributed by atoms with Crippen LogP contribution in [0.5, 0.6) is 0 Å². The Morgan fingerprint density at radius 1 is 1.38 bits per heavy atom. The van der Waals surface area contributed by atoms with Crippen molar-refractivity contribution in [2.24, 2.45) is 11.7 Å². The van der Waals surface area contributed by atoms with E-state index >= 15 is 0 Å². The van der Waals surface area contributed by atoms with Crippen LogP contribution in [0, 0.1) is 5.92 Å². The summed E-state index contributed by atoms with van der Waals surface area (Å²) in [6, 6.07) is -0.165. The predicted molar refractivity (Wildman–Crippen MR) is 79.3 cm³/mol. The summed E-state index contributed by atoms with van der Waals surface area (Å²) in [6.07, 6.45) is 3.76. The molecule has 1 aliphatic rings. The highest BCUT2D eigenvalue weighted by Crippen LogP contribution is 2.26. The second kappa shape index (κ2) is 6.77. The normalized spacial score (nSPS) is 23.0. The van der Waals surface area contributed by atoms with Crippen LogP contribution in [-0.4, -0.2) is 37.1 Å². The molecule has 2 unspecified atom stereocenters. The fourth-order valence-electron chi connectivity index (χ4n) is 2.41. The highest BCUT2D eigenvalue weighted by Gasteiger charge is 2.30. The van der Waals surface area contributed by atoms with E-state index in [1.165, 1.54) is 6.92 Å². The highest BCUT2D eigenvalue weighted by molar-refractivity contribution is 7.91. The topological polar surface area (TPSA) is 127 Å². The Balaban J connectivity index is 2.10. The number of nitrogens with two attached hydrogens (primary N) is 1. The highest BCUT2D eigenvalue weighted by atomic mass is 32.2. The number of hydrogen-bond acceptors (Lipinski definition) is 7. The molecule has 0 aliphatic heterocycles. The molecule has 1 fully saturated rings. The van der Waals surface area contributed by atoms with Crippen LogP contribution in [0.2, 0.25) is 0 Å². The fourth-order valence-corrected chi connectivity index (χ4v) is 4.72. The van der Waals surface area contributed by atoms with Gasteiger partial charge in [-0.1, -0.05) is 24.2 Å². The lowest BCUT2D eigenvalue weighted by Gasteiger charge is -2.30. The summed E-state index contributed by atoms with van der Waals surface area (Å²) < 4.78 is 27.1. The number of nitrogens with one attached hydrogen (secondary N) is 2. The van der Waals surface area contributed by atoms with Crippen molar-refractivity contribution in [3.05, 3.63) is 0 Å². The van der Waals surface area contributed by atoms with Crippen LogP contribution in [0.1, 0.15) is 32.6 Å². The van der Waals surface area contributed by atoms with Crippen LogP contribution in [0.25, 0.3) is 0 Å². The zero-order chi connectivity index (χ0) is 15.5. The molecule has 10 heteroatoms. The molecular weight excluding hydrogens is 314 g/mol. The molecule has 4 N–H and O–H groups in total. The van der Waals surface area contributed by atoms with E-state index < -0.39 is 10.0 Å². The van der Waals surface area contributed by atoms with Gasteiger partial charge in [-0.3, -0.25) is 4.79 Å². The van der Waals surface area contributed by atoms with Gasteiger partial charge in [-0.25, -0.2) is 13.1 Å². The van der Waals surface area contributed by atoms with Crippen LogP contribution >= 0.6 is 11.3 Å². The van der Waals surface area contributed by atoms with Gasteiger partial charge in [0.2, 0.25) is 15.4 Å². The molecule has 1 saturated carbocycles. The lowest BCUT2D eigenvalue weighted by molar-refractivity contribution is -0.114. The largest absolute Gasteiger partial charge is 0.330 e. The molecule has 2 rings (SSSR count). The Morgan fingerprint density at radius 2 is 2.10 bits per heavy atom. The van der Waals surface area contributed by atoms with Gasteiger partial charge in [0.05, 0.1) is 0 Å². The number of sulfonamides is 1. The third kappa shape index (κ3) is 4.19. The van der Waals surface area contributed by atoms with Crippen LogP contribution in [0.15, 0.2) is 4.34 Å². The van der Waals surface area contributed by atoms with Crippen molar-refractivity contribution in [1.82, 2.24) is 14.9 Å². The average Bonchev–Trinajstić information content (AvgIpc) is 2.87. The van der Waals surface area contributed by atoms with E-state index in [9.17, 15) is 13.2 Å². The molecule has 1 aliphatic carbocycles. The molecule has 0 aromatic carbocycles. The van der Waals surface area contributed by atoms with E-state index in [1.807, 2.05) is 0 Å². The SMILES string of the molecule is CC(=O)Nc1nnc(S(=O)(=O)NC2CCCCC2CN)s1. The summed E-state index contributed by atoms with van der Waals surface area (Å²) >= 11 is 0.830. The molecule has 0 radical (unpaired) electrons. The zero-order valence-corrected chi connectivity index (χ0v) is 13.3. The van der Waals surface area contributed by atoms with Crippen LogP contribution in [-0.2, 0) is 14.8 Å². The molecule has 0 bridgehead atoms. The van der Waals surface area contributed by atoms with E-state index in [2.05, 4.69) is 20.2 Å². The molecule has 21 heavy (non-hydrogen) atoms. The molecule has 2 atom stereocenters. The Hall–Kier alpha value is -1.10. The van der Waals surface area contributed by atoms with Crippen molar-refractivity contribution in [3.8, 4) is 0 Å². The minimum absolute atomic E-state index is 0.146. The van der Waals surface area contributed by atoms with Crippen molar-refractivity contribution < 1.29 is 13.2 Å². The zero-order valence-electron chi connectivity index (χ0n) is 11.7. The summed E-state index contributed by atoms with van der Waals surface area (Å²) in [5, 5.41) is 9.86. The van der Waals surface area contributed by atoms with E-state index in [4.69, 9.17) is 5.73 Å². The van der Waals surface area contributed by atoms with Gasteiger partial charge in [0.1, 0.15) is 0 Å². The number of amides is 1. The molecular formula is C11H19N5O3S2. The molecule has 1 aromatic heterocycles. The minimum Gasteiger partial charge on any atom is -0.330 e. The number of carbonyl (C=O) groups excluding carboxylic acids is 1. The third-order valence-corrected chi connectivity index (χ3v) is 6.13. The van der Waals surface area contributed by atoms with E-state index in [0.29, 0.717) is 6.54 Å². The second-order valence-corrected chi connectivity index (χ2v) is 7.93. The summed E-state index contributed by atoms with van der Waals surface area (Å²) in [7, 11) is -3.73.